The van der Waals surface area contributed by atoms with Crippen LogP contribution >= 0.6 is 12.6 Å². The predicted molar refractivity (Wildman–Crippen MR) is 74.3 cm³/mol. The molecule has 0 amide bonds. The van der Waals surface area contributed by atoms with Gasteiger partial charge in [-0.05, 0) is 50.3 Å². The number of thiol groups is 1. The van der Waals surface area contributed by atoms with Crippen LogP contribution in [0.5, 0.6) is 0 Å². The van der Waals surface area contributed by atoms with Crippen LogP contribution in [0.1, 0.15) is 58.3 Å². The summed E-state index contributed by atoms with van der Waals surface area (Å²) in [6.07, 6.45) is 11.4. The highest BCUT2D eigenvalue weighted by atomic mass is 32.1. The van der Waals surface area contributed by atoms with E-state index in [2.05, 4.69) is 24.5 Å². The molecule has 1 unspecified atom stereocenters. The minimum atomic E-state index is 0.540. The number of hydrogen-bond acceptors (Lipinski definition) is 2. The van der Waals surface area contributed by atoms with Gasteiger partial charge in [-0.25, -0.2) is 0 Å². The summed E-state index contributed by atoms with van der Waals surface area (Å²) in [6.45, 7) is 5.05. The van der Waals surface area contributed by atoms with Crippen LogP contribution in [0, 0.1) is 5.41 Å². The Hall–Kier alpha value is 0.310. The fraction of sp³-hybridized carbons (Fsp3) is 1.00. The van der Waals surface area contributed by atoms with Crippen molar-refractivity contribution < 1.29 is 0 Å². The van der Waals surface area contributed by atoms with Crippen molar-refractivity contribution in [2.75, 3.05) is 18.8 Å². The standard InChI is InChI=1S/C14H27NS/c1-13-7-6-10-15(13)11-14(12-16)8-4-2-3-5-9-14/h13,16H,2-12H2,1H3. The first-order valence-corrected chi connectivity index (χ1v) is 7.74. The van der Waals surface area contributed by atoms with Crippen LogP contribution in [-0.4, -0.2) is 29.8 Å². The van der Waals surface area contributed by atoms with Gasteiger partial charge in [-0.3, -0.25) is 0 Å². The molecular formula is C14H27NS. The zero-order valence-electron chi connectivity index (χ0n) is 10.7. The van der Waals surface area contributed by atoms with Gasteiger partial charge in [0.25, 0.3) is 0 Å². The Kier molecular flexibility index (Phi) is 4.60. The highest BCUT2D eigenvalue weighted by molar-refractivity contribution is 7.80. The summed E-state index contributed by atoms with van der Waals surface area (Å²) < 4.78 is 0. The van der Waals surface area contributed by atoms with Crippen LogP contribution in [0.2, 0.25) is 0 Å². The maximum atomic E-state index is 4.67. The van der Waals surface area contributed by atoms with E-state index in [1.54, 1.807) is 0 Å². The molecule has 1 heterocycles. The van der Waals surface area contributed by atoms with E-state index >= 15 is 0 Å². The van der Waals surface area contributed by atoms with Crippen LogP contribution in [0.4, 0.5) is 0 Å². The molecule has 1 aliphatic carbocycles. The fourth-order valence-electron chi connectivity index (χ4n) is 3.50. The lowest BCUT2D eigenvalue weighted by Gasteiger charge is -2.37. The van der Waals surface area contributed by atoms with Crippen LogP contribution in [-0.2, 0) is 0 Å². The summed E-state index contributed by atoms with van der Waals surface area (Å²) in [7, 11) is 0. The van der Waals surface area contributed by atoms with Crippen molar-refractivity contribution in [2.24, 2.45) is 5.41 Å². The van der Waals surface area contributed by atoms with E-state index < -0.39 is 0 Å². The smallest absolute Gasteiger partial charge is 0.00676 e. The molecule has 2 heteroatoms. The van der Waals surface area contributed by atoms with Crippen LogP contribution < -0.4 is 0 Å². The molecule has 1 saturated heterocycles. The Morgan fingerprint density at radius 3 is 2.31 bits per heavy atom. The van der Waals surface area contributed by atoms with Gasteiger partial charge in [0, 0.05) is 12.6 Å². The molecule has 1 saturated carbocycles. The number of nitrogens with zero attached hydrogens (tertiary/aromatic N) is 1. The molecule has 1 nitrogen and oxygen atoms in total. The molecule has 1 atom stereocenters. The molecule has 16 heavy (non-hydrogen) atoms. The van der Waals surface area contributed by atoms with Crippen molar-refractivity contribution in [1.82, 2.24) is 4.90 Å². The molecule has 0 spiro atoms. The SMILES string of the molecule is CC1CCCN1CC1(CS)CCCCCC1. The zero-order valence-corrected chi connectivity index (χ0v) is 11.6. The van der Waals surface area contributed by atoms with E-state index in [4.69, 9.17) is 0 Å². The third kappa shape index (κ3) is 2.95. The van der Waals surface area contributed by atoms with Gasteiger partial charge < -0.3 is 4.90 Å². The predicted octanol–water partition coefficient (Wildman–Crippen LogP) is 3.74. The molecular weight excluding hydrogens is 214 g/mol. The van der Waals surface area contributed by atoms with Gasteiger partial charge >= 0.3 is 0 Å². The van der Waals surface area contributed by atoms with E-state index in [-0.39, 0.29) is 0 Å². The molecule has 0 N–H and O–H groups in total. The second-order valence-electron chi connectivity index (χ2n) is 6.03. The Morgan fingerprint density at radius 2 is 1.81 bits per heavy atom. The lowest BCUT2D eigenvalue weighted by molar-refractivity contribution is 0.146. The minimum absolute atomic E-state index is 0.540. The Morgan fingerprint density at radius 1 is 1.12 bits per heavy atom. The molecule has 2 rings (SSSR count). The quantitative estimate of drug-likeness (QED) is 0.582. The van der Waals surface area contributed by atoms with Gasteiger partial charge in [-0.1, -0.05) is 25.7 Å². The molecule has 0 bridgehead atoms. The minimum Gasteiger partial charge on any atom is -0.300 e. The normalized spacial score (nSPS) is 31.5. The number of rotatable bonds is 3. The van der Waals surface area contributed by atoms with Gasteiger partial charge in [0.15, 0.2) is 0 Å². The van der Waals surface area contributed by atoms with Gasteiger partial charge in [0.2, 0.25) is 0 Å². The van der Waals surface area contributed by atoms with Crippen molar-refractivity contribution in [3.63, 3.8) is 0 Å². The van der Waals surface area contributed by atoms with Crippen LogP contribution in [0.3, 0.4) is 0 Å². The monoisotopic (exact) mass is 241 g/mol. The van der Waals surface area contributed by atoms with Gasteiger partial charge in [-0.2, -0.15) is 12.6 Å². The van der Waals surface area contributed by atoms with Gasteiger partial charge in [-0.15, -0.1) is 0 Å². The van der Waals surface area contributed by atoms with Crippen molar-refractivity contribution in [3.05, 3.63) is 0 Å². The van der Waals surface area contributed by atoms with Crippen molar-refractivity contribution >= 4 is 12.6 Å². The second-order valence-corrected chi connectivity index (χ2v) is 6.35. The van der Waals surface area contributed by atoms with Crippen molar-refractivity contribution in [3.8, 4) is 0 Å². The van der Waals surface area contributed by atoms with Crippen LogP contribution in [0.25, 0.3) is 0 Å². The van der Waals surface area contributed by atoms with E-state index in [0.29, 0.717) is 5.41 Å². The maximum absolute atomic E-state index is 4.67. The highest BCUT2D eigenvalue weighted by Crippen LogP contribution is 2.38. The molecule has 2 aliphatic rings. The molecule has 2 fully saturated rings. The fourth-order valence-corrected chi connectivity index (χ4v) is 3.92. The highest BCUT2D eigenvalue weighted by Gasteiger charge is 2.34. The number of likely N-dealkylation sites (tertiary alicyclic amines) is 1. The van der Waals surface area contributed by atoms with Gasteiger partial charge in [0.05, 0.1) is 0 Å². The first-order valence-electron chi connectivity index (χ1n) is 7.11. The molecule has 94 valence electrons. The average Bonchev–Trinajstić information content (AvgIpc) is 2.56. The third-order valence-electron chi connectivity index (χ3n) is 4.73. The maximum Gasteiger partial charge on any atom is 0.00676 e. The Balaban J connectivity index is 1.96. The summed E-state index contributed by atoms with van der Waals surface area (Å²) >= 11 is 4.67. The molecule has 0 radical (unpaired) electrons. The molecule has 0 aromatic heterocycles. The summed E-state index contributed by atoms with van der Waals surface area (Å²) in [5, 5.41) is 0. The second kappa shape index (κ2) is 5.77. The largest absolute Gasteiger partial charge is 0.300 e. The van der Waals surface area contributed by atoms with E-state index in [9.17, 15) is 0 Å². The summed E-state index contributed by atoms with van der Waals surface area (Å²) in [6, 6.07) is 0.819. The Labute approximate surface area is 106 Å². The molecule has 1 aliphatic heterocycles. The average molecular weight is 241 g/mol. The van der Waals surface area contributed by atoms with E-state index in [0.717, 1.165) is 11.8 Å². The first-order chi connectivity index (χ1) is 7.76. The van der Waals surface area contributed by atoms with E-state index in [1.165, 1.54) is 64.5 Å². The van der Waals surface area contributed by atoms with E-state index in [1.807, 2.05) is 0 Å². The molecule has 0 aromatic rings. The lowest BCUT2D eigenvalue weighted by atomic mass is 9.81. The topological polar surface area (TPSA) is 3.24 Å². The first kappa shape index (κ1) is 12.8. The zero-order chi connectivity index (χ0) is 11.4. The summed E-state index contributed by atoms with van der Waals surface area (Å²) in [5.41, 5.74) is 0.540. The third-order valence-corrected chi connectivity index (χ3v) is 5.40. The van der Waals surface area contributed by atoms with Crippen LogP contribution in [0.15, 0.2) is 0 Å². The molecule has 0 aromatic carbocycles. The number of hydrogen-bond donors (Lipinski definition) is 1. The lowest BCUT2D eigenvalue weighted by Crippen LogP contribution is -2.40. The van der Waals surface area contributed by atoms with Crippen molar-refractivity contribution in [1.29, 1.82) is 0 Å². The van der Waals surface area contributed by atoms with Gasteiger partial charge in [0.1, 0.15) is 0 Å². The Bertz CT molecular complexity index is 209. The van der Waals surface area contributed by atoms with Crippen molar-refractivity contribution in [2.45, 2.75) is 64.3 Å². The summed E-state index contributed by atoms with van der Waals surface area (Å²) in [5.74, 6) is 1.09. The summed E-state index contributed by atoms with van der Waals surface area (Å²) in [4.78, 5) is 2.72.